The molecule has 0 spiro atoms. The predicted molar refractivity (Wildman–Crippen MR) is 117 cm³/mol. The molecule has 0 bridgehead atoms. The highest BCUT2D eigenvalue weighted by molar-refractivity contribution is 5.60. The highest BCUT2D eigenvalue weighted by Crippen LogP contribution is 2.31. The van der Waals surface area contributed by atoms with E-state index in [0.717, 1.165) is 61.2 Å². The van der Waals surface area contributed by atoms with Gasteiger partial charge in [-0.25, -0.2) is 9.97 Å². The Balaban J connectivity index is 1.41. The number of fused-ring (bicyclic) bond motifs is 1. The molecule has 3 aromatic rings. The van der Waals surface area contributed by atoms with E-state index in [0.29, 0.717) is 6.04 Å². The van der Waals surface area contributed by atoms with E-state index in [4.69, 9.17) is 14.7 Å². The molecule has 2 unspecified atom stereocenters. The van der Waals surface area contributed by atoms with Gasteiger partial charge in [0.2, 0.25) is 0 Å². The fraction of sp³-hybridized carbons (Fsp3) is 0.375. The lowest BCUT2D eigenvalue weighted by molar-refractivity contribution is -0.0499. The summed E-state index contributed by atoms with van der Waals surface area (Å²) < 4.78 is 6.17. The lowest BCUT2D eigenvalue weighted by Crippen LogP contribution is -2.50. The van der Waals surface area contributed by atoms with Crippen molar-refractivity contribution in [1.29, 1.82) is 0 Å². The van der Waals surface area contributed by atoms with Crippen LogP contribution in [0.3, 0.4) is 0 Å². The third-order valence-electron chi connectivity index (χ3n) is 6.23. The number of rotatable bonds is 4. The largest absolute Gasteiger partial charge is 0.373 e. The molecule has 1 aromatic carbocycles. The third-order valence-corrected chi connectivity index (χ3v) is 6.23. The summed E-state index contributed by atoms with van der Waals surface area (Å²) in [6, 6.07) is 15.0. The number of aromatic nitrogens is 3. The van der Waals surface area contributed by atoms with Gasteiger partial charge in [-0.1, -0.05) is 30.3 Å². The summed E-state index contributed by atoms with van der Waals surface area (Å²) in [6.45, 7) is 8.66. The predicted octanol–water partition coefficient (Wildman–Crippen LogP) is 3.25. The van der Waals surface area contributed by atoms with E-state index in [1.807, 2.05) is 18.3 Å². The average molecular weight is 402 g/mol. The molecule has 6 heteroatoms. The Morgan fingerprint density at radius 1 is 1.03 bits per heavy atom. The van der Waals surface area contributed by atoms with E-state index >= 15 is 0 Å². The Morgan fingerprint density at radius 2 is 1.90 bits per heavy atom. The molecule has 0 saturated carbocycles. The fourth-order valence-corrected chi connectivity index (χ4v) is 4.49. The molecule has 30 heavy (non-hydrogen) atoms. The van der Waals surface area contributed by atoms with Crippen molar-refractivity contribution in [3.63, 3.8) is 0 Å². The minimum Gasteiger partial charge on any atom is -0.373 e. The van der Waals surface area contributed by atoms with Crippen molar-refractivity contribution in [1.82, 2.24) is 19.9 Å². The number of benzene rings is 1. The van der Waals surface area contributed by atoms with Gasteiger partial charge in [-0.05, 0) is 31.5 Å². The minimum absolute atomic E-state index is 0.207. The van der Waals surface area contributed by atoms with Crippen LogP contribution in [0.15, 0.2) is 54.9 Å². The van der Waals surface area contributed by atoms with Gasteiger partial charge < -0.3 is 9.64 Å². The Hall–Kier alpha value is -2.83. The highest BCUT2D eigenvalue weighted by atomic mass is 16.5. The number of aryl methyl sites for hydroxylation is 1. The van der Waals surface area contributed by atoms with Crippen molar-refractivity contribution in [2.75, 3.05) is 31.1 Å². The van der Waals surface area contributed by atoms with Gasteiger partial charge in [-0.2, -0.15) is 0 Å². The number of anilines is 1. The normalized spacial score (nSPS) is 21.6. The molecule has 0 aliphatic carbocycles. The molecule has 2 aliphatic rings. The van der Waals surface area contributed by atoms with Crippen molar-refractivity contribution < 1.29 is 4.74 Å². The molecule has 2 saturated heterocycles. The quantitative estimate of drug-likeness (QED) is 0.669. The first-order valence-electron chi connectivity index (χ1n) is 10.6. The molecule has 0 radical (unpaired) electrons. The molecular formula is C24H27N5O. The summed E-state index contributed by atoms with van der Waals surface area (Å²) >= 11 is 0. The lowest BCUT2D eigenvalue weighted by atomic mass is 10.1. The maximum atomic E-state index is 6.17. The second-order valence-corrected chi connectivity index (χ2v) is 8.16. The molecule has 2 fully saturated rings. The van der Waals surface area contributed by atoms with Crippen LogP contribution in [0, 0.1) is 13.8 Å². The summed E-state index contributed by atoms with van der Waals surface area (Å²) in [7, 11) is 0. The van der Waals surface area contributed by atoms with Crippen LogP contribution in [0.4, 0.5) is 5.82 Å². The summed E-state index contributed by atoms with van der Waals surface area (Å²) in [5, 5.41) is 0. The monoisotopic (exact) mass is 401 g/mol. The van der Waals surface area contributed by atoms with Crippen LogP contribution >= 0.6 is 0 Å². The molecule has 2 aliphatic heterocycles. The van der Waals surface area contributed by atoms with Crippen LogP contribution in [0.5, 0.6) is 0 Å². The summed E-state index contributed by atoms with van der Waals surface area (Å²) in [5.41, 5.74) is 4.44. The van der Waals surface area contributed by atoms with Gasteiger partial charge in [0.1, 0.15) is 5.82 Å². The Kier molecular flexibility index (Phi) is 5.19. The summed E-state index contributed by atoms with van der Waals surface area (Å²) in [5.74, 6) is 1.75. The lowest BCUT2D eigenvalue weighted by Gasteiger charge is -2.36. The number of ether oxygens (including phenoxy) is 1. The SMILES string of the molecule is Cc1nc(-c2cccnc2)nc(N2CC3OCCN(Cc4ccccc4)C3C2)c1C. The molecule has 6 nitrogen and oxygen atoms in total. The highest BCUT2D eigenvalue weighted by Gasteiger charge is 2.41. The fourth-order valence-electron chi connectivity index (χ4n) is 4.49. The third kappa shape index (κ3) is 3.68. The first-order chi connectivity index (χ1) is 14.7. The molecule has 2 atom stereocenters. The maximum absolute atomic E-state index is 6.17. The van der Waals surface area contributed by atoms with E-state index in [1.165, 1.54) is 5.56 Å². The van der Waals surface area contributed by atoms with E-state index in [-0.39, 0.29) is 6.10 Å². The summed E-state index contributed by atoms with van der Waals surface area (Å²) in [4.78, 5) is 18.8. The maximum Gasteiger partial charge on any atom is 0.163 e. The average Bonchev–Trinajstić information content (AvgIpc) is 3.22. The van der Waals surface area contributed by atoms with Crippen molar-refractivity contribution in [2.24, 2.45) is 0 Å². The Morgan fingerprint density at radius 3 is 2.70 bits per heavy atom. The van der Waals surface area contributed by atoms with E-state index in [1.54, 1.807) is 6.20 Å². The van der Waals surface area contributed by atoms with E-state index in [9.17, 15) is 0 Å². The van der Waals surface area contributed by atoms with Gasteiger partial charge in [0.05, 0.1) is 18.8 Å². The minimum atomic E-state index is 0.207. The second-order valence-electron chi connectivity index (χ2n) is 8.16. The Labute approximate surface area is 177 Å². The van der Waals surface area contributed by atoms with E-state index in [2.05, 4.69) is 59.0 Å². The molecule has 154 valence electrons. The first kappa shape index (κ1) is 19.2. The van der Waals surface area contributed by atoms with Gasteiger partial charge in [-0.15, -0.1) is 0 Å². The van der Waals surface area contributed by atoms with Crippen molar-refractivity contribution >= 4 is 5.82 Å². The zero-order chi connectivity index (χ0) is 20.5. The smallest absolute Gasteiger partial charge is 0.163 e. The molecule has 5 rings (SSSR count). The number of hydrogen-bond acceptors (Lipinski definition) is 6. The molecule has 2 aromatic heterocycles. The van der Waals surface area contributed by atoms with Gasteiger partial charge in [0.15, 0.2) is 5.82 Å². The van der Waals surface area contributed by atoms with Gasteiger partial charge in [0, 0.05) is 55.4 Å². The number of pyridine rings is 1. The van der Waals surface area contributed by atoms with Crippen LogP contribution in [0.1, 0.15) is 16.8 Å². The van der Waals surface area contributed by atoms with E-state index < -0.39 is 0 Å². The van der Waals surface area contributed by atoms with Gasteiger partial charge in [-0.3, -0.25) is 9.88 Å². The second kappa shape index (κ2) is 8.13. The number of nitrogens with zero attached hydrogens (tertiary/aromatic N) is 5. The van der Waals surface area contributed by atoms with Gasteiger partial charge >= 0.3 is 0 Å². The van der Waals surface area contributed by atoms with Crippen LogP contribution < -0.4 is 4.90 Å². The van der Waals surface area contributed by atoms with Crippen LogP contribution in [-0.2, 0) is 11.3 Å². The first-order valence-corrected chi connectivity index (χ1v) is 10.6. The van der Waals surface area contributed by atoms with Crippen LogP contribution in [0.25, 0.3) is 11.4 Å². The molecular weight excluding hydrogens is 374 g/mol. The van der Waals surface area contributed by atoms with Crippen LogP contribution in [-0.4, -0.2) is 58.2 Å². The van der Waals surface area contributed by atoms with Crippen LogP contribution in [0.2, 0.25) is 0 Å². The van der Waals surface area contributed by atoms with Gasteiger partial charge in [0.25, 0.3) is 0 Å². The standard InChI is InChI=1S/C24H27N5O/c1-17-18(2)26-23(20-9-6-10-25-13-20)27-24(17)29-15-21-22(16-29)30-12-11-28(21)14-19-7-4-3-5-8-19/h3-10,13,21-22H,11-12,14-16H2,1-2H3. The number of morpholine rings is 1. The summed E-state index contributed by atoms with van der Waals surface area (Å²) in [6.07, 6.45) is 3.80. The van der Waals surface area contributed by atoms with Crippen molar-refractivity contribution in [3.05, 3.63) is 71.7 Å². The molecule has 0 N–H and O–H groups in total. The number of hydrogen-bond donors (Lipinski definition) is 0. The zero-order valence-electron chi connectivity index (χ0n) is 17.5. The van der Waals surface area contributed by atoms with Crippen molar-refractivity contribution in [3.8, 4) is 11.4 Å². The molecule has 4 heterocycles. The van der Waals surface area contributed by atoms with Crippen molar-refractivity contribution in [2.45, 2.75) is 32.5 Å². The topological polar surface area (TPSA) is 54.4 Å². The molecule has 0 amide bonds. The zero-order valence-corrected chi connectivity index (χ0v) is 17.5. The Bertz CT molecular complexity index is 1010.